The minimum Gasteiger partial charge on any atom is -0.478 e. The van der Waals surface area contributed by atoms with Crippen LogP contribution in [0.15, 0.2) is 18.2 Å². The molecule has 5 nitrogen and oxygen atoms in total. The van der Waals surface area contributed by atoms with Gasteiger partial charge in [0.15, 0.2) is 0 Å². The molecule has 0 aromatic heterocycles. The van der Waals surface area contributed by atoms with Crippen LogP contribution in [0.25, 0.3) is 0 Å². The summed E-state index contributed by atoms with van der Waals surface area (Å²) in [4.78, 5) is 23.2. The number of alkyl halides is 3. The van der Waals surface area contributed by atoms with Crippen LogP contribution < -0.4 is 5.32 Å². The molecule has 2 N–H and O–H groups in total. The Balaban J connectivity index is 2.26. The fourth-order valence-corrected chi connectivity index (χ4v) is 2.59. The molecule has 1 amide bonds. The van der Waals surface area contributed by atoms with Crippen LogP contribution in [0.4, 0.5) is 18.9 Å². The number of halogens is 3. The number of hydrogen-bond acceptors (Lipinski definition) is 3. The van der Waals surface area contributed by atoms with Gasteiger partial charge < -0.3 is 15.2 Å². The molecule has 1 aliphatic heterocycles. The second-order valence-electron chi connectivity index (χ2n) is 5.48. The van der Waals surface area contributed by atoms with Crippen LogP contribution in [0.3, 0.4) is 0 Å². The quantitative estimate of drug-likeness (QED) is 0.893. The first-order chi connectivity index (χ1) is 10.7. The van der Waals surface area contributed by atoms with Crippen molar-refractivity contribution in [3.8, 4) is 0 Å². The number of carboxylic acids is 1. The van der Waals surface area contributed by atoms with Gasteiger partial charge in [0.2, 0.25) is 5.91 Å². The molecule has 23 heavy (non-hydrogen) atoms. The van der Waals surface area contributed by atoms with E-state index in [0.717, 1.165) is 0 Å². The first kappa shape index (κ1) is 17.3. The van der Waals surface area contributed by atoms with Crippen LogP contribution in [0, 0.1) is 12.3 Å². The van der Waals surface area contributed by atoms with E-state index in [2.05, 4.69) is 5.32 Å². The van der Waals surface area contributed by atoms with Gasteiger partial charge in [-0.1, -0.05) is 0 Å². The van der Waals surface area contributed by atoms with Gasteiger partial charge >= 0.3 is 12.1 Å². The molecule has 0 radical (unpaired) electrons. The van der Waals surface area contributed by atoms with E-state index in [1.165, 1.54) is 25.1 Å². The standard InChI is InChI=1S/C15H16F3NO4/c1-9-8-10(2-3-11(9)12(20)21)19-13(22)14(15(16,17)18)4-6-23-7-5-14/h2-3,8H,4-7H2,1H3,(H,19,22)(H,20,21). The molecule has 2 rings (SSSR count). The highest BCUT2D eigenvalue weighted by Crippen LogP contribution is 2.46. The summed E-state index contributed by atoms with van der Waals surface area (Å²) in [6, 6.07) is 3.86. The number of carbonyl (C=O) groups is 2. The molecule has 1 saturated heterocycles. The van der Waals surface area contributed by atoms with Crippen LogP contribution in [-0.2, 0) is 9.53 Å². The van der Waals surface area contributed by atoms with Crippen molar-refractivity contribution in [1.29, 1.82) is 0 Å². The molecule has 1 aromatic carbocycles. The van der Waals surface area contributed by atoms with Crippen molar-refractivity contribution in [2.45, 2.75) is 25.9 Å². The summed E-state index contributed by atoms with van der Waals surface area (Å²) in [5.41, 5.74) is -1.97. The zero-order valence-corrected chi connectivity index (χ0v) is 12.4. The van der Waals surface area contributed by atoms with Gasteiger partial charge in [0.05, 0.1) is 5.56 Å². The largest absolute Gasteiger partial charge is 0.478 e. The molecule has 1 aromatic rings. The third-order valence-corrected chi connectivity index (χ3v) is 4.04. The molecular weight excluding hydrogens is 315 g/mol. The lowest BCUT2D eigenvalue weighted by Crippen LogP contribution is -2.51. The third-order valence-electron chi connectivity index (χ3n) is 4.04. The molecule has 1 fully saturated rings. The molecule has 0 spiro atoms. The smallest absolute Gasteiger partial charge is 0.403 e. The molecule has 0 aliphatic carbocycles. The van der Waals surface area contributed by atoms with E-state index in [1.807, 2.05) is 0 Å². The predicted molar refractivity (Wildman–Crippen MR) is 75.3 cm³/mol. The maximum Gasteiger partial charge on any atom is 0.403 e. The van der Waals surface area contributed by atoms with Gasteiger partial charge in [0.25, 0.3) is 0 Å². The summed E-state index contributed by atoms with van der Waals surface area (Å²) in [6.07, 6.45) is -5.56. The van der Waals surface area contributed by atoms with E-state index in [9.17, 15) is 22.8 Å². The van der Waals surface area contributed by atoms with Gasteiger partial charge in [-0.25, -0.2) is 4.79 Å². The molecule has 0 bridgehead atoms. The third kappa shape index (κ3) is 3.31. The summed E-state index contributed by atoms with van der Waals surface area (Å²) in [5, 5.41) is 11.2. The minimum absolute atomic E-state index is 0.0274. The van der Waals surface area contributed by atoms with Crippen molar-refractivity contribution in [1.82, 2.24) is 0 Å². The summed E-state index contributed by atoms with van der Waals surface area (Å²) in [5.74, 6) is -2.28. The lowest BCUT2D eigenvalue weighted by Gasteiger charge is -2.37. The van der Waals surface area contributed by atoms with Gasteiger partial charge in [0.1, 0.15) is 5.41 Å². The van der Waals surface area contributed by atoms with Gasteiger partial charge in [-0.2, -0.15) is 13.2 Å². The average Bonchev–Trinajstić information content (AvgIpc) is 2.46. The van der Waals surface area contributed by atoms with Gasteiger partial charge in [-0.3, -0.25) is 4.79 Å². The highest BCUT2D eigenvalue weighted by molar-refractivity contribution is 5.97. The number of ether oxygens (including phenoxy) is 1. The normalized spacial score (nSPS) is 17.6. The number of hydrogen-bond donors (Lipinski definition) is 2. The van der Waals surface area contributed by atoms with Gasteiger partial charge in [0, 0.05) is 18.9 Å². The average molecular weight is 331 g/mol. The number of benzene rings is 1. The van der Waals surface area contributed by atoms with E-state index in [0.29, 0.717) is 5.56 Å². The summed E-state index contributed by atoms with van der Waals surface area (Å²) < 4.78 is 45.2. The van der Waals surface area contributed by atoms with E-state index >= 15 is 0 Å². The Hall–Kier alpha value is -2.09. The van der Waals surface area contributed by atoms with Crippen molar-refractivity contribution < 1.29 is 32.6 Å². The predicted octanol–water partition coefficient (Wildman–Crippen LogP) is 2.99. The fourth-order valence-electron chi connectivity index (χ4n) is 2.59. The van der Waals surface area contributed by atoms with E-state index < -0.39 is 36.3 Å². The highest BCUT2D eigenvalue weighted by Gasteiger charge is 2.60. The van der Waals surface area contributed by atoms with Crippen molar-refractivity contribution in [2.75, 3.05) is 18.5 Å². The number of anilines is 1. The number of carbonyl (C=O) groups excluding carboxylic acids is 1. The Morgan fingerprint density at radius 3 is 2.35 bits per heavy atom. The molecule has 0 atom stereocenters. The van der Waals surface area contributed by atoms with E-state index in [4.69, 9.17) is 9.84 Å². The Morgan fingerprint density at radius 2 is 1.87 bits per heavy atom. The van der Waals surface area contributed by atoms with Crippen molar-refractivity contribution in [2.24, 2.45) is 5.41 Å². The lowest BCUT2D eigenvalue weighted by atomic mass is 9.78. The first-order valence-electron chi connectivity index (χ1n) is 6.97. The van der Waals surface area contributed by atoms with E-state index in [1.54, 1.807) is 0 Å². The van der Waals surface area contributed by atoms with E-state index in [-0.39, 0.29) is 24.5 Å². The minimum atomic E-state index is -4.68. The van der Waals surface area contributed by atoms with Crippen LogP contribution in [0.2, 0.25) is 0 Å². The summed E-state index contributed by atoms with van der Waals surface area (Å²) >= 11 is 0. The fraction of sp³-hybridized carbons (Fsp3) is 0.467. The monoisotopic (exact) mass is 331 g/mol. The molecule has 1 aliphatic rings. The lowest BCUT2D eigenvalue weighted by molar-refractivity contribution is -0.237. The number of aromatic carboxylic acids is 1. The number of aryl methyl sites for hydroxylation is 1. The second-order valence-corrected chi connectivity index (χ2v) is 5.48. The molecule has 1 heterocycles. The number of rotatable bonds is 3. The maximum absolute atomic E-state index is 13.4. The Labute approximate surface area is 130 Å². The Kier molecular flexibility index (Phi) is 4.65. The second kappa shape index (κ2) is 6.19. The first-order valence-corrected chi connectivity index (χ1v) is 6.97. The zero-order chi connectivity index (χ0) is 17.3. The van der Waals surface area contributed by atoms with Crippen molar-refractivity contribution in [3.05, 3.63) is 29.3 Å². The molecule has 8 heteroatoms. The molecule has 126 valence electrons. The number of amides is 1. The maximum atomic E-state index is 13.4. The van der Waals surface area contributed by atoms with Crippen LogP contribution in [0.5, 0.6) is 0 Å². The summed E-state index contributed by atoms with van der Waals surface area (Å²) in [7, 11) is 0. The number of carboxylic acid groups (broad SMARTS) is 1. The summed E-state index contributed by atoms with van der Waals surface area (Å²) in [6.45, 7) is 1.24. The van der Waals surface area contributed by atoms with Crippen LogP contribution >= 0.6 is 0 Å². The Bertz CT molecular complexity index is 622. The zero-order valence-electron chi connectivity index (χ0n) is 12.4. The highest BCUT2D eigenvalue weighted by atomic mass is 19.4. The van der Waals surface area contributed by atoms with Gasteiger partial charge in [-0.15, -0.1) is 0 Å². The van der Waals surface area contributed by atoms with Crippen molar-refractivity contribution in [3.63, 3.8) is 0 Å². The van der Waals surface area contributed by atoms with Crippen molar-refractivity contribution >= 4 is 17.6 Å². The molecule has 0 saturated carbocycles. The number of nitrogens with one attached hydrogen (secondary N) is 1. The van der Waals surface area contributed by atoms with Crippen LogP contribution in [0.1, 0.15) is 28.8 Å². The molecular formula is C15H16F3NO4. The van der Waals surface area contributed by atoms with Gasteiger partial charge in [-0.05, 0) is 43.5 Å². The SMILES string of the molecule is Cc1cc(NC(=O)C2(C(F)(F)F)CCOCC2)ccc1C(=O)O. The molecule has 0 unspecified atom stereocenters. The topological polar surface area (TPSA) is 75.6 Å². The Morgan fingerprint density at radius 1 is 1.26 bits per heavy atom. The van der Waals surface area contributed by atoms with Crippen LogP contribution in [-0.4, -0.2) is 36.4 Å².